The molecule has 0 amide bonds. The van der Waals surface area contributed by atoms with Crippen molar-refractivity contribution in [2.75, 3.05) is 6.61 Å². The molecule has 1 aliphatic carbocycles. The topological polar surface area (TPSA) is 69.8 Å². The molecule has 0 aromatic heterocycles. The molecule has 7 rings (SSSR count). The van der Waals surface area contributed by atoms with Crippen molar-refractivity contribution in [1.29, 1.82) is 0 Å². The van der Waals surface area contributed by atoms with Gasteiger partial charge in [0.15, 0.2) is 6.29 Å². The van der Waals surface area contributed by atoms with Gasteiger partial charge in [0.2, 0.25) is 0 Å². The van der Waals surface area contributed by atoms with Crippen LogP contribution in [-0.2, 0) is 23.9 Å². The van der Waals surface area contributed by atoms with Crippen LogP contribution >= 0.6 is 0 Å². The van der Waals surface area contributed by atoms with Crippen molar-refractivity contribution in [3.63, 3.8) is 0 Å². The molecule has 3 aromatic rings. The van der Waals surface area contributed by atoms with Gasteiger partial charge >= 0.3 is 5.97 Å². The number of hydroxylamine groups is 2. The first-order chi connectivity index (χ1) is 21.0. The lowest BCUT2D eigenvalue weighted by Crippen LogP contribution is -2.59. The highest BCUT2D eigenvalue weighted by Crippen LogP contribution is 2.49. The number of fused-ring (bicyclic) bond motifs is 1. The van der Waals surface area contributed by atoms with Crippen LogP contribution in [0, 0.1) is 0 Å². The van der Waals surface area contributed by atoms with Crippen molar-refractivity contribution >= 4 is 19.2 Å². The predicted octanol–water partition coefficient (Wildman–Crippen LogP) is 5.99. The van der Waals surface area contributed by atoms with E-state index in [1.54, 1.807) is 17.4 Å². The van der Waals surface area contributed by atoms with Crippen LogP contribution in [0.4, 0.5) is 0 Å². The Bertz CT molecular complexity index is 1370. The molecule has 7 nitrogen and oxygen atoms in total. The average molecular weight is 600 g/mol. The highest BCUT2D eigenvalue weighted by atomic mass is 28.3. The summed E-state index contributed by atoms with van der Waals surface area (Å²) in [5.41, 5.74) is 1.90. The largest absolute Gasteiger partial charge is 0.457 e. The Balaban J connectivity index is 1.19. The summed E-state index contributed by atoms with van der Waals surface area (Å²) < 4.78 is 19.0. The van der Waals surface area contributed by atoms with E-state index in [4.69, 9.17) is 23.9 Å². The second-order valence-electron chi connectivity index (χ2n) is 12.9. The number of benzene rings is 3. The second-order valence-corrected chi connectivity index (χ2v) is 17.6. The molecule has 43 heavy (non-hydrogen) atoms. The molecule has 0 bridgehead atoms. The zero-order valence-electron chi connectivity index (χ0n) is 24.9. The Kier molecular flexibility index (Phi) is 8.24. The minimum absolute atomic E-state index is 0.000311. The summed E-state index contributed by atoms with van der Waals surface area (Å²) in [4.78, 5) is 26.7. The third-order valence-electron chi connectivity index (χ3n) is 9.82. The van der Waals surface area contributed by atoms with Crippen LogP contribution < -0.4 is 5.19 Å². The number of carbonyl (C=O) groups is 1. The summed E-state index contributed by atoms with van der Waals surface area (Å²) in [5, 5.41) is 2.96. The molecule has 0 unspecified atom stereocenters. The molecular weight excluding hydrogens is 558 g/mol. The smallest absolute Gasteiger partial charge is 0.338 e. The van der Waals surface area contributed by atoms with E-state index >= 15 is 0 Å². The van der Waals surface area contributed by atoms with Crippen molar-refractivity contribution in [2.24, 2.45) is 0 Å². The fraction of sp³-hybridized carbons (Fsp3) is 0.457. The molecule has 3 aromatic carbocycles. The number of rotatable bonds is 8. The first-order valence-electron chi connectivity index (χ1n) is 15.8. The Hall–Kier alpha value is -2.85. The first-order valence-corrected chi connectivity index (χ1v) is 18.8. The van der Waals surface area contributed by atoms with Crippen LogP contribution in [-0.4, -0.2) is 62.6 Å². The number of hydrogen-bond donors (Lipinski definition) is 0. The maximum Gasteiger partial charge on any atom is 0.338 e. The minimum atomic E-state index is -2.19. The Morgan fingerprint density at radius 2 is 1.49 bits per heavy atom. The third kappa shape index (κ3) is 5.97. The summed E-state index contributed by atoms with van der Waals surface area (Å²) in [7, 11) is -2.19. The number of epoxide rings is 1. The van der Waals surface area contributed by atoms with Crippen molar-refractivity contribution < 1.29 is 28.7 Å². The van der Waals surface area contributed by atoms with E-state index in [0.29, 0.717) is 24.5 Å². The van der Waals surface area contributed by atoms with Crippen LogP contribution in [0.5, 0.6) is 0 Å². The van der Waals surface area contributed by atoms with Crippen LogP contribution in [0.3, 0.4) is 0 Å². The van der Waals surface area contributed by atoms with E-state index in [1.807, 2.05) is 18.2 Å². The fourth-order valence-corrected chi connectivity index (χ4v) is 11.2. The highest BCUT2D eigenvalue weighted by molar-refractivity contribution is 6.91. The fourth-order valence-electron chi connectivity index (χ4n) is 7.49. The minimum Gasteiger partial charge on any atom is -0.457 e. The molecule has 226 valence electrons. The number of nitrogens with zero attached hydrogens (tertiary/aromatic N) is 1. The van der Waals surface area contributed by atoms with E-state index in [-0.39, 0.29) is 35.9 Å². The Morgan fingerprint density at radius 3 is 2.19 bits per heavy atom. The molecule has 4 aliphatic rings. The summed E-state index contributed by atoms with van der Waals surface area (Å²) >= 11 is 0. The number of ether oxygens (including phenoxy) is 3. The van der Waals surface area contributed by atoms with Gasteiger partial charge in [0, 0.05) is 17.9 Å². The van der Waals surface area contributed by atoms with Gasteiger partial charge in [0.1, 0.15) is 24.4 Å². The first kappa shape index (κ1) is 28.9. The SMILES string of the molecule is C[Si](C)(c1ccccc1)[C@H]1[C@@H]([C@@H]2CO2)ON2O[C@@H](O[C@H]3CCCC[C@@H]3c3ccccc3)C[C@@H](OC(=O)c3ccccc3)[C@H]12. The van der Waals surface area contributed by atoms with Crippen molar-refractivity contribution in [3.8, 4) is 0 Å². The van der Waals surface area contributed by atoms with Gasteiger partial charge in [-0.25, -0.2) is 9.63 Å². The van der Waals surface area contributed by atoms with Gasteiger partial charge < -0.3 is 14.2 Å². The molecule has 4 fully saturated rings. The predicted molar refractivity (Wildman–Crippen MR) is 165 cm³/mol. The molecule has 0 spiro atoms. The molecule has 0 N–H and O–H groups in total. The van der Waals surface area contributed by atoms with Gasteiger partial charge in [-0.05, 0) is 30.5 Å². The van der Waals surface area contributed by atoms with E-state index in [0.717, 1.165) is 19.3 Å². The van der Waals surface area contributed by atoms with E-state index in [9.17, 15) is 4.79 Å². The average Bonchev–Trinajstić information content (AvgIpc) is 3.82. The normalized spacial score (nSPS) is 32.6. The summed E-state index contributed by atoms with van der Waals surface area (Å²) in [6.07, 6.45) is 3.54. The van der Waals surface area contributed by atoms with Crippen LogP contribution in [0.2, 0.25) is 18.6 Å². The van der Waals surface area contributed by atoms with Crippen LogP contribution in [0.25, 0.3) is 0 Å². The summed E-state index contributed by atoms with van der Waals surface area (Å²) in [6, 6.07) is 30.3. The van der Waals surface area contributed by atoms with Gasteiger partial charge in [-0.2, -0.15) is 0 Å². The maximum absolute atomic E-state index is 13.5. The lowest BCUT2D eigenvalue weighted by Gasteiger charge is -2.44. The van der Waals surface area contributed by atoms with Crippen molar-refractivity contribution in [2.45, 2.75) is 93.4 Å². The lowest BCUT2D eigenvalue weighted by atomic mass is 9.81. The highest BCUT2D eigenvalue weighted by Gasteiger charge is 2.62. The van der Waals surface area contributed by atoms with Gasteiger partial charge in [0.25, 0.3) is 0 Å². The summed E-state index contributed by atoms with van der Waals surface area (Å²) in [5.74, 6) is -0.0408. The molecular formula is C35H41NO6Si. The molecule has 1 saturated carbocycles. The summed E-state index contributed by atoms with van der Waals surface area (Å²) in [6.45, 7) is 5.41. The monoisotopic (exact) mass is 599 g/mol. The quantitative estimate of drug-likeness (QED) is 0.179. The number of hydrogen-bond acceptors (Lipinski definition) is 7. The zero-order chi connectivity index (χ0) is 29.4. The van der Waals surface area contributed by atoms with Crippen LogP contribution in [0.15, 0.2) is 91.0 Å². The van der Waals surface area contributed by atoms with Crippen molar-refractivity contribution in [1.82, 2.24) is 5.23 Å². The van der Waals surface area contributed by atoms with Crippen molar-refractivity contribution in [3.05, 3.63) is 102 Å². The number of esters is 1. The van der Waals surface area contributed by atoms with Gasteiger partial charge in [-0.3, -0.25) is 4.84 Å². The molecule has 3 saturated heterocycles. The molecule has 8 heteroatoms. The molecule has 3 heterocycles. The van der Waals surface area contributed by atoms with E-state index in [2.05, 4.69) is 73.8 Å². The number of carbonyl (C=O) groups excluding carboxylic acids is 1. The maximum atomic E-state index is 13.5. The Labute approximate surface area is 255 Å². The second kappa shape index (κ2) is 12.3. The molecule has 0 radical (unpaired) electrons. The van der Waals surface area contributed by atoms with E-state index < -0.39 is 20.5 Å². The molecule has 8 atom stereocenters. The standard InChI is InChI=1S/C35H41NO6Si/c1-43(2,26-18-10-5-11-19-26)34-32-29(40-35(37)25-16-8-4-9-17-25)22-31(41-36(32)42-33(34)30-23-38-30)39-28-21-13-12-20-27(28)24-14-6-3-7-15-24/h3-11,14-19,27-34H,12-13,20-23H2,1-2H3/t27-,28+,29-,30+,31-,32-,33-,34-/m1/s1. The Morgan fingerprint density at radius 1 is 0.837 bits per heavy atom. The van der Waals surface area contributed by atoms with Gasteiger partial charge in [0.05, 0.1) is 26.3 Å². The zero-order valence-corrected chi connectivity index (χ0v) is 25.9. The van der Waals surface area contributed by atoms with E-state index in [1.165, 1.54) is 17.2 Å². The van der Waals surface area contributed by atoms with Gasteiger partial charge in [-0.1, -0.05) is 115 Å². The molecule has 3 aliphatic heterocycles. The van der Waals surface area contributed by atoms with Crippen LogP contribution in [0.1, 0.15) is 53.9 Å². The van der Waals surface area contributed by atoms with Gasteiger partial charge in [-0.15, -0.1) is 0 Å². The third-order valence-corrected chi connectivity index (χ3v) is 14.0. The lowest BCUT2D eigenvalue weighted by molar-refractivity contribution is -0.449.